The van der Waals surface area contributed by atoms with Crippen LogP contribution in [0.4, 0.5) is 11.9 Å². The maximum Gasteiger partial charge on any atom is 0.323 e. The van der Waals surface area contributed by atoms with Gasteiger partial charge < -0.3 is 20.1 Å². The van der Waals surface area contributed by atoms with Crippen molar-refractivity contribution in [3.05, 3.63) is 0 Å². The Balaban J connectivity index is 1.72. The van der Waals surface area contributed by atoms with Crippen molar-refractivity contribution in [3.8, 4) is 6.01 Å². The predicted octanol–water partition coefficient (Wildman–Crippen LogP) is 1.39. The molecule has 0 amide bonds. The average molecular weight is 293 g/mol. The van der Waals surface area contributed by atoms with Gasteiger partial charge in [-0.3, -0.25) is 0 Å². The van der Waals surface area contributed by atoms with Gasteiger partial charge in [-0.1, -0.05) is 0 Å². The van der Waals surface area contributed by atoms with Crippen molar-refractivity contribution < 1.29 is 9.47 Å². The van der Waals surface area contributed by atoms with Gasteiger partial charge in [-0.25, -0.2) is 0 Å². The van der Waals surface area contributed by atoms with Crippen LogP contribution in [0.5, 0.6) is 6.01 Å². The number of nitrogens with zero attached hydrogens (tertiary/aromatic N) is 4. The molecule has 1 aromatic heterocycles. The topological polar surface area (TPSA) is 86.4 Å². The second kappa shape index (κ2) is 6.01. The fourth-order valence-electron chi connectivity index (χ4n) is 3.06. The molecule has 1 aromatic rings. The molecule has 2 atom stereocenters. The Bertz CT molecular complexity index is 482. The lowest BCUT2D eigenvalue weighted by atomic mass is 10.0. The van der Waals surface area contributed by atoms with Crippen LogP contribution in [0.1, 0.15) is 39.5 Å². The zero-order valence-corrected chi connectivity index (χ0v) is 12.7. The van der Waals surface area contributed by atoms with Gasteiger partial charge in [0, 0.05) is 25.9 Å². The summed E-state index contributed by atoms with van der Waals surface area (Å²) in [6.07, 6.45) is 4.46. The SMILES string of the molecule is CC1CC(Oc2nc(N)nc(N3CCCC3)n2)CC(C)O1. The van der Waals surface area contributed by atoms with Gasteiger partial charge in [0.1, 0.15) is 6.10 Å². The van der Waals surface area contributed by atoms with Crippen LogP contribution in [0.25, 0.3) is 0 Å². The Kier molecular flexibility index (Phi) is 4.10. The first-order valence-corrected chi connectivity index (χ1v) is 7.69. The first kappa shape index (κ1) is 14.3. The summed E-state index contributed by atoms with van der Waals surface area (Å²) in [4.78, 5) is 14.9. The van der Waals surface area contributed by atoms with E-state index in [1.165, 1.54) is 0 Å². The van der Waals surface area contributed by atoms with E-state index >= 15 is 0 Å². The summed E-state index contributed by atoms with van der Waals surface area (Å²) >= 11 is 0. The number of anilines is 2. The third kappa shape index (κ3) is 3.53. The number of aromatic nitrogens is 3. The van der Waals surface area contributed by atoms with E-state index in [1.54, 1.807) is 0 Å². The molecule has 2 unspecified atom stereocenters. The Labute approximate surface area is 124 Å². The van der Waals surface area contributed by atoms with E-state index in [4.69, 9.17) is 15.2 Å². The number of ether oxygens (including phenoxy) is 2. The van der Waals surface area contributed by atoms with E-state index < -0.39 is 0 Å². The molecule has 7 nitrogen and oxygen atoms in total. The fraction of sp³-hybridized carbons (Fsp3) is 0.786. The Morgan fingerprint density at radius 3 is 2.43 bits per heavy atom. The van der Waals surface area contributed by atoms with Crippen molar-refractivity contribution in [3.63, 3.8) is 0 Å². The molecule has 0 aliphatic carbocycles. The van der Waals surface area contributed by atoms with E-state index in [1.807, 2.05) is 0 Å². The second-order valence-corrected chi connectivity index (χ2v) is 5.94. The van der Waals surface area contributed by atoms with Gasteiger partial charge >= 0.3 is 6.01 Å². The van der Waals surface area contributed by atoms with Gasteiger partial charge in [0.2, 0.25) is 11.9 Å². The van der Waals surface area contributed by atoms with Crippen molar-refractivity contribution in [1.82, 2.24) is 15.0 Å². The minimum absolute atomic E-state index is 0.0666. The van der Waals surface area contributed by atoms with Crippen molar-refractivity contribution >= 4 is 11.9 Å². The van der Waals surface area contributed by atoms with Crippen LogP contribution in [0, 0.1) is 0 Å². The van der Waals surface area contributed by atoms with Crippen LogP contribution in [0.15, 0.2) is 0 Å². The van der Waals surface area contributed by atoms with Gasteiger partial charge in [-0.15, -0.1) is 0 Å². The second-order valence-electron chi connectivity index (χ2n) is 5.94. The number of hydrogen-bond acceptors (Lipinski definition) is 7. The van der Waals surface area contributed by atoms with Gasteiger partial charge in [0.25, 0.3) is 0 Å². The van der Waals surface area contributed by atoms with Crippen molar-refractivity contribution in [2.45, 2.75) is 57.8 Å². The monoisotopic (exact) mass is 293 g/mol. The van der Waals surface area contributed by atoms with Crippen LogP contribution < -0.4 is 15.4 Å². The third-order valence-corrected chi connectivity index (χ3v) is 3.94. The van der Waals surface area contributed by atoms with E-state index in [9.17, 15) is 0 Å². The van der Waals surface area contributed by atoms with Gasteiger partial charge in [0.15, 0.2) is 0 Å². The van der Waals surface area contributed by atoms with Gasteiger partial charge in [-0.05, 0) is 26.7 Å². The molecule has 3 rings (SSSR count). The minimum Gasteiger partial charge on any atom is -0.460 e. The van der Waals surface area contributed by atoms with Gasteiger partial charge in [0.05, 0.1) is 12.2 Å². The molecule has 0 spiro atoms. The summed E-state index contributed by atoms with van der Waals surface area (Å²) in [6.45, 7) is 6.05. The third-order valence-electron chi connectivity index (χ3n) is 3.94. The van der Waals surface area contributed by atoms with Crippen LogP contribution >= 0.6 is 0 Å². The number of nitrogens with two attached hydrogens (primary N) is 1. The molecule has 3 heterocycles. The molecule has 7 heteroatoms. The largest absolute Gasteiger partial charge is 0.460 e. The molecule has 0 saturated carbocycles. The maximum absolute atomic E-state index is 5.93. The number of hydrogen-bond donors (Lipinski definition) is 1. The van der Waals surface area contributed by atoms with Crippen LogP contribution in [0.3, 0.4) is 0 Å². The summed E-state index contributed by atoms with van der Waals surface area (Å²) < 4.78 is 11.6. The van der Waals surface area contributed by atoms with E-state index in [-0.39, 0.29) is 24.3 Å². The number of rotatable bonds is 3. The summed E-state index contributed by atoms with van der Waals surface area (Å²) in [5.74, 6) is 0.846. The maximum atomic E-state index is 5.93. The highest BCUT2D eigenvalue weighted by Crippen LogP contribution is 2.24. The van der Waals surface area contributed by atoms with E-state index in [0.29, 0.717) is 12.0 Å². The van der Waals surface area contributed by atoms with Crippen molar-refractivity contribution in [2.24, 2.45) is 0 Å². The van der Waals surface area contributed by atoms with E-state index in [2.05, 4.69) is 33.7 Å². The average Bonchev–Trinajstić information content (AvgIpc) is 2.90. The molecule has 0 radical (unpaired) electrons. The fourth-order valence-corrected chi connectivity index (χ4v) is 3.06. The Hall–Kier alpha value is -1.63. The summed E-state index contributed by atoms with van der Waals surface area (Å²) in [5, 5.41) is 0. The molecule has 2 aliphatic heterocycles. The van der Waals surface area contributed by atoms with Crippen LogP contribution in [-0.2, 0) is 4.74 Å². The van der Waals surface area contributed by atoms with Gasteiger partial charge in [-0.2, -0.15) is 15.0 Å². The summed E-state index contributed by atoms with van der Waals surface area (Å²) in [7, 11) is 0. The zero-order chi connectivity index (χ0) is 14.8. The highest BCUT2D eigenvalue weighted by atomic mass is 16.5. The van der Waals surface area contributed by atoms with E-state index in [0.717, 1.165) is 38.8 Å². The van der Waals surface area contributed by atoms with Crippen LogP contribution in [0.2, 0.25) is 0 Å². The molecule has 2 saturated heterocycles. The highest BCUT2D eigenvalue weighted by molar-refractivity contribution is 5.36. The molecule has 116 valence electrons. The summed E-state index contributed by atoms with van der Waals surface area (Å²) in [5.41, 5.74) is 5.79. The lowest BCUT2D eigenvalue weighted by Gasteiger charge is -2.31. The molecule has 2 aliphatic rings. The first-order chi connectivity index (χ1) is 10.1. The van der Waals surface area contributed by atoms with Crippen molar-refractivity contribution in [2.75, 3.05) is 23.7 Å². The molecule has 0 aromatic carbocycles. The Morgan fingerprint density at radius 2 is 1.76 bits per heavy atom. The standard InChI is InChI=1S/C14H23N5O2/c1-9-7-11(8-10(2)20-9)21-14-17-12(15)16-13(18-14)19-5-3-4-6-19/h9-11H,3-8H2,1-2H3,(H2,15,16,17,18). The molecular formula is C14H23N5O2. The number of nitrogen functional groups attached to an aromatic ring is 1. The van der Waals surface area contributed by atoms with Crippen LogP contribution in [-0.4, -0.2) is 46.4 Å². The van der Waals surface area contributed by atoms with Crippen molar-refractivity contribution in [1.29, 1.82) is 0 Å². The molecule has 0 bridgehead atoms. The molecular weight excluding hydrogens is 270 g/mol. The lowest BCUT2D eigenvalue weighted by molar-refractivity contribution is -0.0738. The summed E-state index contributed by atoms with van der Waals surface area (Å²) in [6, 6.07) is 0.329. The highest BCUT2D eigenvalue weighted by Gasteiger charge is 2.27. The lowest BCUT2D eigenvalue weighted by Crippen LogP contribution is -2.36. The quantitative estimate of drug-likeness (QED) is 0.901. The molecule has 21 heavy (non-hydrogen) atoms. The minimum atomic E-state index is 0.0666. The molecule has 2 fully saturated rings. The normalized spacial score (nSPS) is 29.6. The molecule has 2 N–H and O–H groups in total. The predicted molar refractivity (Wildman–Crippen MR) is 79.3 cm³/mol. The zero-order valence-electron chi connectivity index (χ0n) is 12.7. The first-order valence-electron chi connectivity index (χ1n) is 7.69. The Morgan fingerprint density at radius 1 is 1.10 bits per heavy atom. The smallest absolute Gasteiger partial charge is 0.323 e.